The highest BCUT2D eigenvalue weighted by Crippen LogP contribution is 2.29. The van der Waals surface area contributed by atoms with E-state index in [0.29, 0.717) is 5.92 Å². The normalized spacial score (nSPS) is 21.6. The Morgan fingerprint density at radius 3 is 2.48 bits per heavy atom. The minimum Gasteiger partial charge on any atom is -0.381 e. The summed E-state index contributed by atoms with van der Waals surface area (Å²) >= 11 is 0. The van der Waals surface area contributed by atoms with E-state index < -0.39 is 0 Å². The minimum absolute atomic E-state index is 0.0209. The van der Waals surface area contributed by atoms with Gasteiger partial charge in [-0.1, -0.05) is 6.07 Å². The van der Waals surface area contributed by atoms with Crippen LogP contribution in [-0.4, -0.2) is 43.5 Å². The van der Waals surface area contributed by atoms with Crippen LogP contribution in [-0.2, 0) is 9.47 Å². The summed E-state index contributed by atoms with van der Waals surface area (Å²) in [5.41, 5.74) is 1.06. The lowest BCUT2D eigenvalue weighted by atomic mass is 9.88. The third-order valence-electron chi connectivity index (χ3n) is 4.62. The zero-order valence-electron chi connectivity index (χ0n) is 13.4. The molecule has 0 radical (unpaired) electrons. The van der Waals surface area contributed by atoms with Crippen LogP contribution < -0.4 is 10.6 Å². The number of urea groups is 1. The average Bonchev–Trinajstić information content (AvgIpc) is 2.62. The molecule has 2 aliphatic heterocycles. The van der Waals surface area contributed by atoms with Gasteiger partial charge in [-0.25, -0.2) is 4.79 Å². The van der Waals surface area contributed by atoms with Gasteiger partial charge in [-0.05, 0) is 43.2 Å². The Kier molecular flexibility index (Phi) is 5.82. The van der Waals surface area contributed by atoms with E-state index in [0.717, 1.165) is 57.7 Å². The Hall–Kier alpha value is -1.66. The molecule has 23 heavy (non-hydrogen) atoms. The summed E-state index contributed by atoms with van der Waals surface area (Å²) in [7, 11) is 0. The van der Waals surface area contributed by atoms with Gasteiger partial charge >= 0.3 is 6.03 Å². The van der Waals surface area contributed by atoms with Gasteiger partial charge in [-0.15, -0.1) is 0 Å². The third-order valence-corrected chi connectivity index (χ3v) is 4.62. The quantitative estimate of drug-likeness (QED) is 0.891. The maximum absolute atomic E-state index is 12.4. The van der Waals surface area contributed by atoms with Gasteiger partial charge in [0, 0.05) is 44.9 Å². The SMILES string of the molecule is O=C(NC1CCOCC1)NC(c1cccnc1)C1CCOCC1. The first-order valence-electron chi connectivity index (χ1n) is 8.45. The zero-order valence-corrected chi connectivity index (χ0v) is 13.4. The van der Waals surface area contributed by atoms with Crippen molar-refractivity contribution in [2.75, 3.05) is 26.4 Å². The number of aromatic nitrogens is 1. The molecular formula is C17H25N3O3. The summed E-state index contributed by atoms with van der Waals surface area (Å²) in [5, 5.41) is 6.24. The smallest absolute Gasteiger partial charge is 0.315 e. The maximum Gasteiger partial charge on any atom is 0.315 e. The molecule has 0 aliphatic carbocycles. The van der Waals surface area contributed by atoms with Crippen LogP contribution in [0.3, 0.4) is 0 Å². The van der Waals surface area contributed by atoms with E-state index in [1.165, 1.54) is 0 Å². The average molecular weight is 319 g/mol. The van der Waals surface area contributed by atoms with Crippen molar-refractivity contribution in [1.29, 1.82) is 0 Å². The first kappa shape index (κ1) is 16.2. The molecule has 0 saturated carbocycles. The zero-order chi connectivity index (χ0) is 15.9. The molecular weight excluding hydrogens is 294 g/mol. The predicted molar refractivity (Wildman–Crippen MR) is 86.0 cm³/mol. The molecule has 0 spiro atoms. The maximum atomic E-state index is 12.4. The second kappa shape index (κ2) is 8.26. The standard InChI is InChI=1S/C17H25N3O3/c21-17(19-15-5-10-23-11-6-15)20-16(13-3-8-22-9-4-13)14-2-1-7-18-12-14/h1-2,7,12-13,15-16H,3-6,8-11H2,(H2,19,20,21). The highest BCUT2D eigenvalue weighted by molar-refractivity contribution is 5.74. The van der Waals surface area contributed by atoms with Crippen LogP contribution in [0.2, 0.25) is 0 Å². The number of nitrogens with zero attached hydrogens (tertiary/aromatic N) is 1. The van der Waals surface area contributed by atoms with E-state index in [9.17, 15) is 4.79 Å². The van der Waals surface area contributed by atoms with Gasteiger partial charge in [-0.3, -0.25) is 4.98 Å². The fourth-order valence-corrected chi connectivity index (χ4v) is 3.29. The molecule has 126 valence electrons. The molecule has 3 rings (SSSR count). The topological polar surface area (TPSA) is 72.5 Å². The molecule has 2 amide bonds. The van der Waals surface area contributed by atoms with Gasteiger partial charge in [0.05, 0.1) is 6.04 Å². The van der Waals surface area contributed by atoms with Crippen molar-refractivity contribution in [3.63, 3.8) is 0 Å². The van der Waals surface area contributed by atoms with Gasteiger partial charge in [-0.2, -0.15) is 0 Å². The van der Waals surface area contributed by atoms with Crippen LogP contribution in [0, 0.1) is 5.92 Å². The van der Waals surface area contributed by atoms with Crippen molar-refractivity contribution >= 4 is 6.03 Å². The second-order valence-electron chi connectivity index (χ2n) is 6.22. The Bertz CT molecular complexity index is 485. The molecule has 0 aromatic carbocycles. The summed E-state index contributed by atoms with van der Waals surface area (Å²) in [5.74, 6) is 0.383. The molecule has 2 aliphatic rings. The number of hydrogen-bond acceptors (Lipinski definition) is 4. The van der Waals surface area contributed by atoms with Crippen LogP contribution in [0.5, 0.6) is 0 Å². The molecule has 3 heterocycles. The Morgan fingerprint density at radius 2 is 1.83 bits per heavy atom. The molecule has 0 bridgehead atoms. The van der Waals surface area contributed by atoms with Crippen LogP contribution in [0.4, 0.5) is 4.79 Å². The van der Waals surface area contributed by atoms with Gasteiger partial charge in [0.2, 0.25) is 0 Å². The lowest BCUT2D eigenvalue weighted by Gasteiger charge is -2.32. The van der Waals surface area contributed by atoms with E-state index in [1.807, 2.05) is 18.3 Å². The number of nitrogens with one attached hydrogen (secondary N) is 2. The number of amides is 2. The number of carbonyl (C=O) groups is 1. The fourth-order valence-electron chi connectivity index (χ4n) is 3.29. The minimum atomic E-state index is -0.0998. The molecule has 2 saturated heterocycles. The summed E-state index contributed by atoms with van der Waals surface area (Å²) in [6.45, 7) is 2.95. The van der Waals surface area contributed by atoms with Gasteiger partial charge < -0.3 is 20.1 Å². The highest BCUT2D eigenvalue weighted by atomic mass is 16.5. The number of rotatable bonds is 4. The van der Waals surface area contributed by atoms with Crippen LogP contribution >= 0.6 is 0 Å². The summed E-state index contributed by atoms with van der Waals surface area (Å²) in [4.78, 5) is 16.6. The fraction of sp³-hybridized carbons (Fsp3) is 0.647. The van der Waals surface area contributed by atoms with E-state index in [2.05, 4.69) is 15.6 Å². The Labute approximate surface area is 137 Å². The summed E-state index contributed by atoms with van der Waals surface area (Å²) < 4.78 is 10.8. The largest absolute Gasteiger partial charge is 0.381 e. The molecule has 2 N–H and O–H groups in total. The van der Waals surface area contributed by atoms with Gasteiger partial charge in [0.1, 0.15) is 0 Å². The number of carbonyl (C=O) groups excluding carboxylic acids is 1. The van der Waals surface area contributed by atoms with Crippen molar-refractivity contribution < 1.29 is 14.3 Å². The van der Waals surface area contributed by atoms with Crippen LogP contribution in [0.25, 0.3) is 0 Å². The summed E-state index contributed by atoms with van der Waals surface area (Å²) in [6, 6.07) is 4.03. The molecule has 2 fully saturated rings. The van der Waals surface area contributed by atoms with Crippen molar-refractivity contribution in [3.05, 3.63) is 30.1 Å². The van der Waals surface area contributed by atoms with E-state index in [-0.39, 0.29) is 18.1 Å². The molecule has 1 aromatic heterocycles. The van der Waals surface area contributed by atoms with Crippen molar-refractivity contribution in [3.8, 4) is 0 Å². The van der Waals surface area contributed by atoms with Crippen molar-refractivity contribution in [2.24, 2.45) is 5.92 Å². The Morgan fingerprint density at radius 1 is 1.13 bits per heavy atom. The molecule has 6 nitrogen and oxygen atoms in total. The number of pyridine rings is 1. The monoisotopic (exact) mass is 319 g/mol. The number of ether oxygens (including phenoxy) is 2. The lowest BCUT2D eigenvalue weighted by molar-refractivity contribution is 0.0541. The third kappa shape index (κ3) is 4.65. The Balaban J connectivity index is 1.64. The van der Waals surface area contributed by atoms with Crippen LogP contribution in [0.15, 0.2) is 24.5 Å². The summed E-state index contributed by atoms with van der Waals surface area (Å²) in [6.07, 6.45) is 7.26. The first-order chi connectivity index (χ1) is 11.3. The predicted octanol–water partition coefficient (Wildman–Crippen LogP) is 2.03. The molecule has 1 unspecified atom stereocenters. The second-order valence-corrected chi connectivity index (χ2v) is 6.22. The molecule has 1 aromatic rings. The van der Waals surface area contributed by atoms with E-state index >= 15 is 0 Å². The molecule has 6 heteroatoms. The van der Waals surface area contributed by atoms with Crippen molar-refractivity contribution in [2.45, 2.75) is 37.8 Å². The van der Waals surface area contributed by atoms with Gasteiger partial charge in [0.25, 0.3) is 0 Å². The van der Waals surface area contributed by atoms with Crippen LogP contribution in [0.1, 0.15) is 37.3 Å². The van der Waals surface area contributed by atoms with Crippen molar-refractivity contribution in [1.82, 2.24) is 15.6 Å². The van der Waals surface area contributed by atoms with E-state index in [4.69, 9.17) is 9.47 Å². The highest BCUT2D eigenvalue weighted by Gasteiger charge is 2.28. The number of hydrogen-bond donors (Lipinski definition) is 2. The van der Waals surface area contributed by atoms with E-state index in [1.54, 1.807) is 6.20 Å². The molecule has 1 atom stereocenters. The first-order valence-corrected chi connectivity index (χ1v) is 8.45. The lowest BCUT2D eigenvalue weighted by Crippen LogP contribution is -2.47. The van der Waals surface area contributed by atoms with Gasteiger partial charge in [0.15, 0.2) is 0 Å².